The number of rotatable bonds is 5. The van der Waals surface area contributed by atoms with Crippen molar-refractivity contribution in [3.63, 3.8) is 0 Å². The molecule has 0 saturated carbocycles. The average molecular weight is 374 g/mol. The van der Waals surface area contributed by atoms with Crippen LogP contribution >= 0.6 is 22.9 Å². The van der Waals surface area contributed by atoms with Gasteiger partial charge < -0.3 is 20.1 Å². The van der Waals surface area contributed by atoms with Crippen LogP contribution in [0.15, 0.2) is 17.1 Å². The molecular weight excluding hydrogens is 350 g/mol. The quantitative estimate of drug-likeness (QED) is 0.470. The molecule has 1 aliphatic rings. The number of aliphatic hydroxyl groups is 1. The van der Waals surface area contributed by atoms with E-state index in [1.54, 1.807) is 6.07 Å². The van der Waals surface area contributed by atoms with Gasteiger partial charge in [-0.15, -0.1) is 11.3 Å². The van der Waals surface area contributed by atoms with Crippen molar-refractivity contribution in [1.82, 2.24) is 10.2 Å². The minimum Gasteiger partial charge on any atom is -0.469 e. The normalized spacial score (nSPS) is 22.5. The van der Waals surface area contributed by atoms with Gasteiger partial charge in [-0.1, -0.05) is 18.5 Å². The Labute approximate surface area is 151 Å². The predicted octanol–water partition coefficient (Wildman–Crippen LogP) is 2.14. The molecule has 2 heterocycles. The number of thiophene rings is 1. The number of carbonyl (C=O) groups excluding carboxylic acids is 1. The second-order valence-electron chi connectivity index (χ2n) is 5.86. The first kappa shape index (κ1) is 19.0. The van der Waals surface area contributed by atoms with E-state index in [2.05, 4.69) is 10.3 Å². The van der Waals surface area contributed by atoms with Crippen molar-refractivity contribution in [2.45, 2.75) is 20.0 Å². The van der Waals surface area contributed by atoms with Crippen LogP contribution in [0.25, 0.3) is 0 Å². The molecule has 3 atom stereocenters. The number of methoxy groups -OCH3 is 1. The number of nitrogens with zero attached hydrogens (tertiary/aromatic N) is 2. The highest BCUT2D eigenvalue weighted by atomic mass is 35.5. The fourth-order valence-electron chi connectivity index (χ4n) is 2.79. The van der Waals surface area contributed by atoms with E-state index in [-0.39, 0.29) is 24.3 Å². The number of guanidine groups is 1. The van der Waals surface area contributed by atoms with Crippen molar-refractivity contribution in [2.24, 2.45) is 16.8 Å². The number of hydrogen-bond donors (Lipinski definition) is 2. The third-order valence-corrected chi connectivity index (χ3v) is 5.42. The van der Waals surface area contributed by atoms with Gasteiger partial charge in [0.25, 0.3) is 0 Å². The van der Waals surface area contributed by atoms with Gasteiger partial charge >= 0.3 is 5.97 Å². The molecule has 6 nitrogen and oxygen atoms in total. The highest BCUT2D eigenvalue weighted by Gasteiger charge is 2.36. The molecule has 3 unspecified atom stereocenters. The lowest BCUT2D eigenvalue weighted by molar-refractivity contribution is -0.145. The molecule has 134 valence electrons. The van der Waals surface area contributed by atoms with Gasteiger partial charge in [-0.2, -0.15) is 0 Å². The fraction of sp³-hybridized carbons (Fsp3) is 0.625. The Morgan fingerprint density at radius 2 is 2.33 bits per heavy atom. The number of nitrogens with one attached hydrogen (secondary N) is 1. The van der Waals surface area contributed by atoms with Crippen molar-refractivity contribution in [1.29, 1.82) is 0 Å². The summed E-state index contributed by atoms with van der Waals surface area (Å²) in [4.78, 5) is 19.2. The minimum absolute atomic E-state index is 0.153. The summed E-state index contributed by atoms with van der Waals surface area (Å²) < 4.78 is 5.52. The SMILES string of the molecule is CCNC(=NCC(O)c1ccc(Cl)s1)N1CC(C)C(C(=O)OC)C1. The van der Waals surface area contributed by atoms with E-state index < -0.39 is 6.10 Å². The van der Waals surface area contributed by atoms with E-state index >= 15 is 0 Å². The van der Waals surface area contributed by atoms with E-state index in [0.717, 1.165) is 11.4 Å². The van der Waals surface area contributed by atoms with Crippen LogP contribution < -0.4 is 5.32 Å². The van der Waals surface area contributed by atoms with Crippen LogP contribution in [0.2, 0.25) is 4.34 Å². The highest BCUT2D eigenvalue weighted by Crippen LogP contribution is 2.27. The molecule has 0 bridgehead atoms. The Balaban J connectivity index is 2.04. The maximum absolute atomic E-state index is 11.8. The Morgan fingerprint density at radius 1 is 1.58 bits per heavy atom. The molecule has 0 aromatic carbocycles. The third-order valence-electron chi connectivity index (χ3n) is 4.09. The highest BCUT2D eigenvalue weighted by molar-refractivity contribution is 7.16. The number of aliphatic hydroxyl groups excluding tert-OH is 1. The summed E-state index contributed by atoms with van der Waals surface area (Å²) in [5.74, 6) is 0.564. The zero-order chi connectivity index (χ0) is 17.7. The monoisotopic (exact) mass is 373 g/mol. The van der Waals surface area contributed by atoms with E-state index in [9.17, 15) is 9.90 Å². The standard InChI is InChI=1S/C16H24ClN3O3S/c1-4-18-16(19-7-12(21)13-5-6-14(17)24-13)20-8-10(2)11(9-20)15(22)23-3/h5-6,10-12,21H,4,7-9H2,1-3H3,(H,18,19). The van der Waals surface area contributed by atoms with Gasteiger partial charge in [-0.25, -0.2) is 0 Å². The lowest BCUT2D eigenvalue weighted by Crippen LogP contribution is -2.41. The van der Waals surface area contributed by atoms with Crippen LogP contribution in [0, 0.1) is 11.8 Å². The molecular formula is C16H24ClN3O3S. The first-order valence-corrected chi connectivity index (χ1v) is 9.20. The van der Waals surface area contributed by atoms with Gasteiger partial charge in [0.15, 0.2) is 5.96 Å². The van der Waals surface area contributed by atoms with Gasteiger partial charge in [0, 0.05) is 24.5 Å². The Morgan fingerprint density at radius 3 is 2.92 bits per heavy atom. The van der Waals surface area contributed by atoms with Crippen molar-refractivity contribution in [3.05, 3.63) is 21.3 Å². The number of likely N-dealkylation sites (tertiary alicyclic amines) is 1. The van der Waals surface area contributed by atoms with Gasteiger partial charge in [0.05, 0.1) is 23.9 Å². The van der Waals surface area contributed by atoms with Crippen molar-refractivity contribution in [2.75, 3.05) is 33.3 Å². The van der Waals surface area contributed by atoms with Gasteiger partial charge in [0.1, 0.15) is 6.10 Å². The Kier molecular flexibility index (Phi) is 6.89. The summed E-state index contributed by atoms with van der Waals surface area (Å²) in [5, 5.41) is 13.5. The summed E-state index contributed by atoms with van der Waals surface area (Å²) in [6, 6.07) is 3.58. The lowest BCUT2D eigenvalue weighted by Gasteiger charge is -2.22. The van der Waals surface area contributed by atoms with Crippen molar-refractivity contribution < 1.29 is 14.6 Å². The van der Waals surface area contributed by atoms with E-state index in [4.69, 9.17) is 16.3 Å². The number of esters is 1. The molecule has 1 saturated heterocycles. The van der Waals surface area contributed by atoms with Crippen LogP contribution in [0.4, 0.5) is 0 Å². The first-order chi connectivity index (χ1) is 11.5. The largest absolute Gasteiger partial charge is 0.469 e. The Hall–Kier alpha value is -1.31. The number of halogens is 1. The molecule has 1 aromatic heterocycles. The summed E-state index contributed by atoms with van der Waals surface area (Å²) in [7, 11) is 1.42. The third kappa shape index (κ3) is 4.62. The smallest absolute Gasteiger partial charge is 0.310 e. The van der Waals surface area contributed by atoms with E-state index in [1.165, 1.54) is 18.4 Å². The molecule has 1 aromatic rings. The number of carbonyl (C=O) groups is 1. The average Bonchev–Trinajstić information content (AvgIpc) is 3.16. The summed E-state index contributed by atoms with van der Waals surface area (Å²) in [5.41, 5.74) is 0. The van der Waals surface area contributed by atoms with Crippen LogP contribution in [-0.2, 0) is 9.53 Å². The van der Waals surface area contributed by atoms with Crippen LogP contribution in [0.3, 0.4) is 0 Å². The molecule has 0 amide bonds. The maximum atomic E-state index is 11.8. The maximum Gasteiger partial charge on any atom is 0.310 e. The number of aliphatic imine (C=N–C) groups is 1. The van der Waals surface area contributed by atoms with Crippen LogP contribution in [0.5, 0.6) is 0 Å². The zero-order valence-electron chi connectivity index (χ0n) is 14.2. The van der Waals surface area contributed by atoms with Crippen LogP contribution in [-0.4, -0.2) is 55.2 Å². The molecule has 0 aliphatic carbocycles. The first-order valence-electron chi connectivity index (χ1n) is 8.00. The van der Waals surface area contributed by atoms with Gasteiger partial charge in [0.2, 0.25) is 0 Å². The topological polar surface area (TPSA) is 74.2 Å². The van der Waals surface area contributed by atoms with Gasteiger partial charge in [-0.3, -0.25) is 9.79 Å². The summed E-state index contributed by atoms with van der Waals surface area (Å²) >= 11 is 7.25. The van der Waals surface area contributed by atoms with E-state index in [1.807, 2.05) is 24.8 Å². The van der Waals surface area contributed by atoms with E-state index in [0.29, 0.717) is 23.4 Å². The summed E-state index contributed by atoms with van der Waals surface area (Å²) in [6.07, 6.45) is -0.687. The fourth-order valence-corrected chi connectivity index (χ4v) is 3.83. The molecule has 8 heteroatoms. The molecule has 1 fully saturated rings. The zero-order valence-corrected chi connectivity index (χ0v) is 15.7. The number of ether oxygens (including phenoxy) is 1. The van der Waals surface area contributed by atoms with Crippen LogP contribution in [0.1, 0.15) is 24.8 Å². The number of hydrogen-bond acceptors (Lipinski definition) is 5. The molecule has 2 rings (SSSR count). The van der Waals surface area contributed by atoms with Crippen molar-refractivity contribution in [3.8, 4) is 0 Å². The van der Waals surface area contributed by atoms with Gasteiger partial charge in [-0.05, 0) is 25.0 Å². The second-order valence-corrected chi connectivity index (χ2v) is 7.61. The molecule has 0 spiro atoms. The Bertz CT molecular complexity index is 593. The minimum atomic E-state index is -0.687. The van der Waals surface area contributed by atoms with Crippen molar-refractivity contribution >= 4 is 34.9 Å². The summed E-state index contributed by atoms with van der Waals surface area (Å²) in [6.45, 7) is 6.28. The molecule has 24 heavy (non-hydrogen) atoms. The lowest BCUT2D eigenvalue weighted by atomic mass is 9.99. The molecule has 1 aliphatic heterocycles. The predicted molar refractivity (Wildman–Crippen MR) is 96.5 cm³/mol. The molecule has 2 N–H and O–H groups in total. The molecule has 0 radical (unpaired) electrons. The second kappa shape index (κ2) is 8.69.